The Morgan fingerprint density at radius 3 is 2.47 bits per heavy atom. The molecule has 19 heavy (non-hydrogen) atoms. The molecule has 1 heterocycles. The molecular weight excluding hydrogens is 240 g/mol. The minimum Gasteiger partial charge on any atom is -0.383 e. The summed E-state index contributed by atoms with van der Waals surface area (Å²) >= 11 is 0. The SMILES string of the molecule is CCNc1nc(CC)nc(N(CC)CCOC)c1C. The number of nitrogens with zero attached hydrogens (tertiary/aromatic N) is 3. The molecular formula is C14H26N4O. The van der Waals surface area contributed by atoms with Gasteiger partial charge in [0.2, 0.25) is 0 Å². The van der Waals surface area contributed by atoms with Gasteiger partial charge >= 0.3 is 0 Å². The third-order valence-electron chi connectivity index (χ3n) is 3.07. The van der Waals surface area contributed by atoms with Crippen LogP contribution in [0.4, 0.5) is 11.6 Å². The first-order valence-electron chi connectivity index (χ1n) is 7.03. The van der Waals surface area contributed by atoms with Gasteiger partial charge in [0.15, 0.2) is 0 Å². The second-order valence-corrected chi connectivity index (χ2v) is 4.39. The Morgan fingerprint density at radius 2 is 1.95 bits per heavy atom. The smallest absolute Gasteiger partial charge is 0.137 e. The molecule has 5 nitrogen and oxygen atoms in total. The van der Waals surface area contributed by atoms with Crippen LogP contribution < -0.4 is 10.2 Å². The molecule has 0 bridgehead atoms. The van der Waals surface area contributed by atoms with Crippen molar-refractivity contribution in [3.8, 4) is 0 Å². The number of anilines is 2. The third-order valence-corrected chi connectivity index (χ3v) is 3.07. The summed E-state index contributed by atoms with van der Waals surface area (Å²) in [4.78, 5) is 11.5. The number of hydrogen-bond acceptors (Lipinski definition) is 5. The number of ether oxygens (including phenoxy) is 1. The predicted molar refractivity (Wildman–Crippen MR) is 80.1 cm³/mol. The molecule has 0 fully saturated rings. The number of hydrogen-bond donors (Lipinski definition) is 1. The van der Waals surface area contributed by atoms with Gasteiger partial charge in [0.05, 0.1) is 6.61 Å². The van der Waals surface area contributed by atoms with Gasteiger partial charge < -0.3 is 15.0 Å². The highest BCUT2D eigenvalue weighted by atomic mass is 16.5. The lowest BCUT2D eigenvalue weighted by molar-refractivity contribution is 0.205. The van der Waals surface area contributed by atoms with Gasteiger partial charge in [-0.1, -0.05) is 6.92 Å². The summed E-state index contributed by atoms with van der Waals surface area (Å²) in [6, 6.07) is 0. The lowest BCUT2D eigenvalue weighted by Crippen LogP contribution is -2.29. The maximum absolute atomic E-state index is 5.17. The molecule has 0 saturated carbocycles. The van der Waals surface area contributed by atoms with Crippen LogP contribution in [0.5, 0.6) is 0 Å². The van der Waals surface area contributed by atoms with E-state index in [2.05, 4.69) is 47.9 Å². The highest BCUT2D eigenvalue weighted by Gasteiger charge is 2.14. The fraction of sp³-hybridized carbons (Fsp3) is 0.714. The summed E-state index contributed by atoms with van der Waals surface area (Å²) in [5, 5.41) is 3.32. The average Bonchev–Trinajstić information content (AvgIpc) is 2.43. The van der Waals surface area contributed by atoms with Crippen molar-refractivity contribution in [3.63, 3.8) is 0 Å². The van der Waals surface area contributed by atoms with E-state index in [1.807, 2.05) is 0 Å². The lowest BCUT2D eigenvalue weighted by atomic mass is 10.2. The van der Waals surface area contributed by atoms with Crippen LogP contribution in [-0.4, -0.2) is 43.3 Å². The van der Waals surface area contributed by atoms with Gasteiger partial charge in [-0.2, -0.15) is 0 Å². The van der Waals surface area contributed by atoms with Crippen molar-refractivity contribution in [2.75, 3.05) is 43.6 Å². The van der Waals surface area contributed by atoms with E-state index < -0.39 is 0 Å². The second kappa shape index (κ2) is 7.94. The molecule has 108 valence electrons. The van der Waals surface area contributed by atoms with Crippen LogP contribution >= 0.6 is 0 Å². The standard InChI is InChI=1S/C14H26N4O/c1-6-12-16-13(15-7-2)11(4)14(17-12)18(8-3)9-10-19-5/h6-10H2,1-5H3,(H,15,16,17). The molecule has 5 heteroatoms. The number of rotatable bonds is 8. The Bertz CT molecular complexity index is 395. The van der Waals surface area contributed by atoms with Crippen LogP contribution in [0.3, 0.4) is 0 Å². The highest BCUT2D eigenvalue weighted by molar-refractivity contribution is 5.58. The fourth-order valence-corrected chi connectivity index (χ4v) is 1.97. The van der Waals surface area contributed by atoms with E-state index in [1.54, 1.807) is 7.11 Å². The molecule has 1 N–H and O–H groups in total. The van der Waals surface area contributed by atoms with E-state index in [4.69, 9.17) is 4.74 Å². The van der Waals surface area contributed by atoms with Crippen LogP contribution in [0, 0.1) is 6.92 Å². The van der Waals surface area contributed by atoms with E-state index in [9.17, 15) is 0 Å². The Kier molecular flexibility index (Phi) is 6.56. The number of likely N-dealkylation sites (N-methyl/N-ethyl adjacent to an activating group) is 1. The number of nitrogens with one attached hydrogen (secondary N) is 1. The summed E-state index contributed by atoms with van der Waals surface area (Å²) in [6.45, 7) is 11.7. The molecule has 0 radical (unpaired) electrons. The van der Waals surface area contributed by atoms with Crippen LogP contribution in [0.1, 0.15) is 32.2 Å². The molecule has 0 aliphatic heterocycles. The van der Waals surface area contributed by atoms with Gasteiger partial charge in [0.25, 0.3) is 0 Å². The van der Waals surface area contributed by atoms with Crippen LogP contribution in [0.25, 0.3) is 0 Å². The van der Waals surface area contributed by atoms with Crippen molar-refractivity contribution in [1.82, 2.24) is 9.97 Å². The van der Waals surface area contributed by atoms with Crippen molar-refractivity contribution >= 4 is 11.6 Å². The monoisotopic (exact) mass is 266 g/mol. The molecule has 1 aromatic rings. The minimum atomic E-state index is 0.704. The van der Waals surface area contributed by atoms with Crippen molar-refractivity contribution in [1.29, 1.82) is 0 Å². The van der Waals surface area contributed by atoms with E-state index in [0.29, 0.717) is 6.61 Å². The Labute approximate surface area is 116 Å². The Balaban J connectivity index is 3.11. The summed E-state index contributed by atoms with van der Waals surface area (Å²) in [6.07, 6.45) is 0.841. The first-order chi connectivity index (χ1) is 9.17. The predicted octanol–water partition coefficient (Wildman–Crippen LogP) is 2.25. The number of aryl methyl sites for hydroxylation is 1. The van der Waals surface area contributed by atoms with Crippen LogP contribution in [0.15, 0.2) is 0 Å². The molecule has 0 saturated heterocycles. The second-order valence-electron chi connectivity index (χ2n) is 4.39. The molecule has 0 aliphatic carbocycles. The third kappa shape index (κ3) is 4.06. The van der Waals surface area contributed by atoms with Gasteiger partial charge in [0.1, 0.15) is 17.5 Å². The zero-order valence-corrected chi connectivity index (χ0v) is 12.8. The molecule has 0 atom stereocenters. The summed E-state index contributed by atoms with van der Waals surface area (Å²) in [5.74, 6) is 2.84. The van der Waals surface area contributed by atoms with Gasteiger partial charge in [-0.25, -0.2) is 9.97 Å². The zero-order valence-electron chi connectivity index (χ0n) is 12.8. The molecule has 0 amide bonds. The Morgan fingerprint density at radius 1 is 1.21 bits per heavy atom. The fourth-order valence-electron chi connectivity index (χ4n) is 1.97. The highest BCUT2D eigenvalue weighted by Crippen LogP contribution is 2.23. The van der Waals surface area contributed by atoms with E-state index in [0.717, 1.165) is 49.1 Å². The van der Waals surface area contributed by atoms with Crippen molar-refractivity contribution in [2.24, 2.45) is 0 Å². The number of methoxy groups -OCH3 is 1. The summed E-state index contributed by atoms with van der Waals surface area (Å²) < 4.78 is 5.17. The molecule has 0 unspecified atom stereocenters. The lowest BCUT2D eigenvalue weighted by Gasteiger charge is -2.25. The van der Waals surface area contributed by atoms with Crippen LogP contribution in [0.2, 0.25) is 0 Å². The maximum Gasteiger partial charge on any atom is 0.137 e. The summed E-state index contributed by atoms with van der Waals surface area (Å²) in [5.41, 5.74) is 1.11. The molecule has 1 rings (SSSR count). The molecule has 0 aliphatic rings. The summed E-state index contributed by atoms with van der Waals surface area (Å²) in [7, 11) is 1.72. The van der Waals surface area contributed by atoms with E-state index >= 15 is 0 Å². The molecule has 1 aromatic heterocycles. The number of aromatic nitrogens is 2. The maximum atomic E-state index is 5.17. The first kappa shape index (κ1) is 15.7. The van der Waals surface area contributed by atoms with E-state index in [1.165, 1.54) is 0 Å². The molecule has 0 aromatic carbocycles. The Hall–Kier alpha value is -1.36. The van der Waals surface area contributed by atoms with E-state index in [-0.39, 0.29) is 0 Å². The van der Waals surface area contributed by atoms with Crippen molar-refractivity contribution < 1.29 is 4.74 Å². The van der Waals surface area contributed by atoms with Gasteiger partial charge in [-0.05, 0) is 20.8 Å². The quantitative estimate of drug-likeness (QED) is 0.782. The average molecular weight is 266 g/mol. The van der Waals surface area contributed by atoms with Gasteiger partial charge in [0, 0.05) is 38.7 Å². The zero-order chi connectivity index (χ0) is 14.3. The minimum absolute atomic E-state index is 0.704. The van der Waals surface area contributed by atoms with Gasteiger partial charge in [-0.15, -0.1) is 0 Å². The van der Waals surface area contributed by atoms with Gasteiger partial charge in [-0.3, -0.25) is 0 Å². The largest absolute Gasteiger partial charge is 0.383 e. The molecule has 0 spiro atoms. The van der Waals surface area contributed by atoms with Crippen molar-refractivity contribution in [2.45, 2.75) is 34.1 Å². The van der Waals surface area contributed by atoms with Crippen molar-refractivity contribution in [3.05, 3.63) is 11.4 Å². The normalized spacial score (nSPS) is 10.6. The van der Waals surface area contributed by atoms with Crippen LogP contribution in [-0.2, 0) is 11.2 Å². The first-order valence-corrected chi connectivity index (χ1v) is 7.03. The topological polar surface area (TPSA) is 50.3 Å².